The van der Waals surface area contributed by atoms with Gasteiger partial charge < -0.3 is 9.47 Å². The van der Waals surface area contributed by atoms with Gasteiger partial charge in [-0.25, -0.2) is 4.98 Å². The van der Waals surface area contributed by atoms with Crippen molar-refractivity contribution in [3.8, 4) is 11.6 Å². The van der Waals surface area contributed by atoms with Crippen LogP contribution in [0.4, 0.5) is 0 Å². The maximum absolute atomic E-state index is 5.67. The van der Waals surface area contributed by atoms with E-state index in [2.05, 4.69) is 23.1 Å². The van der Waals surface area contributed by atoms with Crippen LogP contribution in [0.1, 0.15) is 0 Å². The van der Waals surface area contributed by atoms with Crippen molar-refractivity contribution < 1.29 is 9.47 Å². The molecule has 0 unspecified atom stereocenters. The molecule has 4 nitrogen and oxygen atoms in total. The Kier molecular flexibility index (Phi) is 4.84. The van der Waals surface area contributed by atoms with Crippen molar-refractivity contribution >= 4 is 20.4 Å². The third kappa shape index (κ3) is 4.05. The Morgan fingerprint density at radius 3 is 2.80 bits per heavy atom. The van der Waals surface area contributed by atoms with Gasteiger partial charge in [-0.15, -0.1) is 0 Å². The number of aromatic nitrogens is 2. The van der Waals surface area contributed by atoms with Crippen molar-refractivity contribution in [2.75, 3.05) is 13.7 Å². The molecule has 0 saturated heterocycles. The van der Waals surface area contributed by atoms with E-state index in [-0.39, 0.29) is 5.28 Å². The molecule has 15 heavy (non-hydrogen) atoms. The summed E-state index contributed by atoms with van der Waals surface area (Å²) in [5.74, 6) is 0.942. The lowest BCUT2D eigenvalue weighted by atomic mass is 10.5. The van der Waals surface area contributed by atoms with Crippen molar-refractivity contribution in [1.82, 2.24) is 9.97 Å². The van der Waals surface area contributed by atoms with Crippen molar-refractivity contribution in [3.63, 3.8) is 0 Å². The average Bonchev–Trinajstić information content (AvgIpc) is 2.17. The Morgan fingerprint density at radius 2 is 2.20 bits per heavy atom. The summed E-state index contributed by atoms with van der Waals surface area (Å²) >= 11 is 5.67. The van der Waals surface area contributed by atoms with Crippen LogP contribution >= 0.6 is 11.6 Å². The van der Waals surface area contributed by atoms with Gasteiger partial charge in [-0.1, -0.05) is 13.1 Å². The molecule has 0 N–H and O–H groups in total. The number of hydrogen-bond donors (Lipinski definition) is 0. The van der Waals surface area contributed by atoms with Crippen LogP contribution in [0.25, 0.3) is 0 Å². The molecule has 1 aromatic heterocycles. The van der Waals surface area contributed by atoms with Crippen LogP contribution < -0.4 is 9.47 Å². The molecule has 0 atom stereocenters. The van der Waals surface area contributed by atoms with Crippen molar-refractivity contribution in [2.24, 2.45) is 0 Å². The van der Waals surface area contributed by atoms with E-state index in [1.165, 1.54) is 6.20 Å². The van der Waals surface area contributed by atoms with Gasteiger partial charge in [0.25, 0.3) is 5.88 Å². The fraction of sp³-hybridized carbons (Fsp3) is 0.556. The van der Waals surface area contributed by atoms with Crippen LogP contribution in [-0.2, 0) is 0 Å². The summed E-state index contributed by atoms with van der Waals surface area (Å²) in [6.45, 7) is 5.20. The van der Waals surface area contributed by atoms with Crippen LogP contribution in [-0.4, -0.2) is 32.5 Å². The Bertz CT molecular complexity index is 323. The molecule has 0 spiro atoms. The highest BCUT2D eigenvalue weighted by Crippen LogP contribution is 2.24. The van der Waals surface area contributed by atoms with Crippen molar-refractivity contribution in [2.45, 2.75) is 19.1 Å². The molecule has 0 amide bonds. The van der Waals surface area contributed by atoms with Gasteiger partial charge in [0.1, 0.15) is 0 Å². The van der Waals surface area contributed by atoms with E-state index in [1.807, 2.05) is 0 Å². The lowest BCUT2D eigenvalue weighted by Crippen LogP contribution is -2.08. The van der Waals surface area contributed by atoms with Gasteiger partial charge in [-0.3, -0.25) is 0 Å². The largest absolute Gasteiger partial charge is 0.490 e. The Morgan fingerprint density at radius 1 is 1.47 bits per heavy atom. The number of ether oxygens (including phenoxy) is 2. The predicted octanol–water partition coefficient (Wildman–Crippen LogP) is 2.00. The van der Waals surface area contributed by atoms with Gasteiger partial charge in [0.2, 0.25) is 5.28 Å². The lowest BCUT2D eigenvalue weighted by molar-refractivity contribution is 0.296. The molecule has 0 bridgehead atoms. The standard InChI is InChI=1S/C9H15ClN2O2Si/c1-13-7-6-11-9(10)12-8(7)14-4-5-15(2)3/h6,15H,4-5H2,1-3H3. The van der Waals surface area contributed by atoms with E-state index in [4.69, 9.17) is 21.1 Å². The van der Waals surface area contributed by atoms with Crippen LogP contribution in [0, 0.1) is 0 Å². The van der Waals surface area contributed by atoms with E-state index >= 15 is 0 Å². The molecule has 0 aliphatic carbocycles. The first-order valence-electron chi connectivity index (χ1n) is 4.82. The second kappa shape index (κ2) is 5.92. The Hall–Kier alpha value is -0.813. The van der Waals surface area contributed by atoms with Gasteiger partial charge in [-0.05, 0) is 17.6 Å². The molecular weight excluding hydrogens is 232 g/mol. The number of methoxy groups -OCH3 is 1. The zero-order valence-electron chi connectivity index (χ0n) is 9.16. The maximum atomic E-state index is 5.67. The molecule has 0 radical (unpaired) electrons. The molecule has 0 aliphatic heterocycles. The highest BCUT2D eigenvalue weighted by molar-refractivity contribution is 6.55. The third-order valence-corrected chi connectivity index (χ3v) is 3.42. The summed E-state index contributed by atoms with van der Waals surface area (Å²) in [5, 5.41) is 0.174. The SMILES string of the molecule is COc1cnc(Cl)nc1OCC[SiH](C)C. The normalized spacial score (nSPS) is 10.5. The summed E-state index contributed by atoms with van der Waals surface area (Å²) in [4.78, 5) is 7.78. The summed E-state index contributed by atoms with van der Waals surface area (Å²) in [6, 6.07) is 1.10. The minimum atomic E-state index is -0.591. The molecule has 0 aliphatic rings. The molecule has 0 saturated carbocycles. The zero-order valence-corrected chi connectivity index (χ0v) is 11.1. The first kappa shape index (κ1) is 12.3. The highest BCUT2D eigenvalue weighted by atomic mass is 35.5. The predicted molar refractivity (Wildman–Crippen MR) is 62.8 cm³/mol. The minimum absolute atomic E-state index is 0.174. The fourth-order valence-electron chi connectivity index (χ4n) is 0.970. The molecule has 0 aromatic carbocycles. The monoisotopic (exact) mass is 246 g/mol. The number of halogens is 1. The van der Waals surface area contributed by atoms with Crippen molar-refractivity contribution in [1.29, 1.82) is 0 Å². The Labute approximate surface area is 96.2 Å². The average molecular weight is 247 g/mol. The van der Waals surface area contributed by atoms with Crippen LogP contribution in [0.3, 0.4) is 0 Å². The molecule has 0 fully saturated rings. The van der Waals surface area contributed by atoms with Gasteiger partial charge in [0, 0.05) is 8.80 Å². The first-order chi connectivity index (χ1) is 7.13. The van der Waals surface area contributed by atoms with Crippen LogP contribution in [0.5, 0.6) is 11.6 Å². The molecule has 1 heterocycles. The maximum Gasteiger partial charge on any atom is 0.261 e. The van der Waals surface area contributed by atoms with Crippen molar-refractivity contribution in [3.05, 3.63) is 11.5 Å². The molecule has 84 valence electrons. The third-order valence-electron chi connectivity index (χ3n) is 1.85. The van der Waals surface area contributed by atoms with Crippen LogP contribution in [0.15, 0.2) is 6.20 Å². The quantitative estimate of drug-likeness (QED) is 0.589. The number of rotatable bonds is 5. The molecule has 6 heteroatoms. The molecular formula is C9H15ClN2O2Si. The minimum Gasteiger partial charge on any atom is -0.490 e. The molecule has 1 rings (SSSR count). The summed E-state index contributed by atoms with van der Waals surface area (Å²) < 4.78 is 10.6. The summed E-state index contributed by atoms with van der Waals surface area (Å²) in [6.07, 6.45) is 1.51. The van der Waals surface area contributed by atoms with E-state index in [1.54, 1.807) is 7.11 Å². The topological polar surface area (TPSA) is 44.2 Å². The highest BCUT2D eigenvalue weighted by Gasteiger charge is 2.08. The summed E-state index contributed by atoms with van der Waals surface area (Å²) in [7, 11) is 0.961. The van der Waals surface area contributed by atoms with Gasteiger partial charge >= 0.3 is 0 Å². The van der Waals surface area contributed by atoms with Gasteiger partial charge in [-0.2, -0.15) is 4.98 Å². The Balaban J connectivity index is 2.62. The smallest absolute Gasteiger partial charge is 0.261 e. The zero-order chi connectivity index (χ0) is 11.3. The van der Waals surface area contributed by atoms with Crippen LogP contribution in [0.2, 0.25) is 24.4 Å². The second-order valence-corrected chi connectivity index (χ2v) is 7.25. The van der Waals surface area contributed by atoms with E-state index in [0.29, 0.717) is 18.2 Å². The van der Waals surface area contributed by atoms with E-state index < -0.39 is 8.80 Å². The number of nitrogens with zero attached hydrogens (tertiary/aromatic N) is 2. The number of hydrogen-bond acceptors (Lipinski definition) is 4. The summed E-state index contributed by atoms with van der Waals surface area (Å²) in [5.41, 5.74) is 0. The van der Waals surface area contributed by atoms with Gasteiger partial charge in [0.15, 0.2) is 5.75 Å². The van der Waals surface area contributed by atoms with E-state index in [9.17, 15) is 0 Å². The fourth-order valence-corrected chi connectivity index (χ4v) is 1.68. The molecule has 1 aromatic rings. The lowest BCUT2D eigenvalue weighted by Gasteiger charge is -2.09. The first-order valence-corrected chi connectivity index (χ1v) is 8.33. The van der Waals surface area contributed by atoms with Gasteiger partial charge in [0.05, 0.1) is 19.9 Å². The second-order valence-electron chi connectivity index (χ2n) is 3.54. The van der Waals surface area contributed by atoms with E-state index in [0.717, 1.165) is 6.04 Å².